The zero-order valence-electron chi connectivity index (χ0n) is 11.2. The van der Waals surface area contributed by atoms with Gasteiger partial charge in [-0.25, -0.2) is 0 Å². The summed E-state index contributed by atoms with van der Waals surface area (Å²) in [5, 5.41) is 11.2. The Labute approximate surface area is 118 Å². The summed E-state index contributed by atoms with van der Waals surface area (Å²) in [6.07, 6.45) is 9.38. The van der Waals surface area contributed by atoms with Crippen molar-refractivity contribution in [2.45, 2.75) is 45.4 Å². The third kappa shape index (κ3) is 4.06. The maximum atomic E-state index is 5.87. The lowest BCUT2D eigenvalue weighted by atomic mass is 10.1. The minimum Gasteiger partial charge on any atom is -0.369 e. The van der Waals surface area contributed by atoms with E-state index in [2.05, 4.69) is 32.4 Å². The van der Waals surface area contributed by atoms with Crippen molar-refractivity contribution < 1.29 is 0 Å². The van der Waals surface area contributed by atoms with Gasteiger partial charge < -0.3 is 5.32 Å². The zero-order valence-corrected chi connectivity index (χ0v) is 12.0. The summed E-state index contributed by atoms with van der Waals surface area (Å²) >= 11 is 5.87. The average molecular weight is 282 g/mol. The van der Waals surface area contributed by atoms with Gasteiger partial charge in [-0.05, 0) is 18.0 Å². The molecule has 0 saturated carbocycles. The molecular weight excluding hydrogens is 262 g/mol. The number of aromatic nitrogens is 4. The molecule has 0 aliphatic heterocycles. The Morgan fingerprint density at radius 2 is 1.95 bits per heavy atom. The van der Waals surface area contributed by atoms with Gasteiger partial charge in [0.15, 0.2) is 5.65 Å². The summed E-state index contributed by atoms with van der Waals surface area (Å²) in [6.45, 7) is 3.14. The summed E-state index contributed by atoms with van der Waals surface area (Å²) in [5.41, 5.74) is 0.672. The molecule has 19 heavy (non-hydrogen) atoms. The molecule has 0 saturated heterocycles. The lowest BCUT2D eigenvalue weighted by Crippen LogP contribution is -2.04. The van der Waals surface area contributed by atoms with Crippen LogP contribution in [0.25, 0.3) is 11.0 Å². The first-order valence-electron chi connectivity index (χ1n) is 6.91. The predicted octanol–water partition coefficient (Wildman–Crippen LogP) is 3.78. The van der Waals surface area contributed by atoms with Crippen LogP contribution in [-0.2, 0) is 0 Å². The molecule has 2 N–H and O–H groups in total. The van der Waals surface area contributed by atoms with Crippen LogP contribution in [0.2, 0.25) is 5.28 Å². The number of rotatable bonds is 8. The van der Waals surface area contributed by atoms with Crippen molar-refractivity contribution in [3.8, 4) is 0 Å². The molecule has 0 aliphatic rings. The van der Waals surface area contributed by atoms with E-state index in [1.54, 1.807) is 6.20 Å². The molecule has 2 aromatic heterocycles. The largest absolute Gasteiger partial charge is 0.369 e. The molecule has 0 fully saturated rings. The van der Waals surface area contributed by atoms with Crippen molar-refractivity contribution >= 4 is 28.5 Å². The highest BCUT2D eigenvalue weighted by atomic mass is 35.5. The molecule has 0 aromatic carbocycles. The lowest BCUT2D eigenvalue weighted by Gasteiger charge is -2.06. The molecule has 0 atom stereocenters. The van der Waals surface area contributed by atoms with Gasteiger partial charge in [0, 0.05) is 6.54 Å². The molecule has 2 rings (SSSR count). The maximum Gasteiger partial charge on any atom is 0.226 e. The highest BCUT2D eigenvalue weighted by molar-refractivity contribution is 6.28. The van der Waals surface area contributed by atoms with Crippen LogP contribution in [0, 0.1) is 0 Å². The first kappa shape index (κ1) is 14.1. The van der Waals surface area contributed by atoms with Gasteiger partial charge in [-0.1, -0.05) is 39.0 Å². The highest BCUT2D eigenvalue weighted by Crippen LogP contribution is 2.19. The van der Waals surface area contributed by atoms with Crippen molar-refractivity contribution in [2.24, 2.45) is 0 Å². The first-order valence-corrected chi connectivity index (χ1v) is 7.29. The van der Waals surface area contributed by atoms with Gasteiger partial charge in [0.25, 0.3) is 0 Å². The van der Waals surface area contributed by atoms with Gasteiger partial charge in [0.1, 0.15) is 5.82 Å². The lowest BCUT2D eigenvalue weighted by molar-refractivity contribution is 0.617. The molecule has 2 heterocycles. The minimum atomic E-state index is 0.238. The molecule has 2 aromatic rings. The third-order valence-corrected chi connectivity index (χ3v) is 3.27. The van der Waals surface area contributed by atoms with Crippen molar-refractivity contribution in [3.05, 3.63) is 11.5 Å². The van der Waals surface area contributed by atoms with Crippen molar-refractivity contribution in [2.75, 3.05) is 11.9 Å². The van der Waals surface area contributed by atoms with E-state index >= 15 is 0 Å². The molecule has 5 nitrogen and oxygen atoms in total. The Morgan fingerprint density at radius 3 is 2.79 bits per heavy atom. The number of hydrogen-bond donors (Lipinski definition) is 2. The Hall–Kier alpha value is -1.36. The Kier molecular flexibility index (Phi) is 5.39. The van der Waals surface area contributed by atoms with Crippen LogP contribution < -0.4 is 5.32 Å². The predicted molar refractivity (Wildman–Crippen MR) is 78.6 cm³/mol. The number of unbranched alkanes of at least 4 members (excludes halogenated alkanes) is 5. The van der Waals surface area contributed by atoms with Gasteiger partial charge in [0.05, 0.1) is 11.6 Å². The Bertz CT molecular complexity index is 511. The fourth-order valence-corrected chi connectivity index (χ4v) is 2.22. The molecule has 0 radical (unpaired) electrons. The van der Waals surface area contributed by atoms with E-state index in [1.165, 1.54) is 32.1 Å². The number of hydrogen-bond acceptors (Lipinski definition) is 4. The van der Waals surface area contributed by atoms with E-state index in [4.69, 9.17) is 11.6 Å². The summed E-state index contributed by atoms with van der Waals surface area (Å²) in [5.74, 6) is 0.761. The van der Waals surface area contributed by atoms with Crippen LogP contribution in [0.1, 0.15) is 45.4 Å². The van der Waals surface area contributed by atoms with E-state index in [0.29, 0.717) is 5.65 Å². The standard InChI is InChI=1S/C13H20ClN5/c1-2-3-4-5-6-7-8-15-11-10-9-16-19-12(10)18-13(14)17-11/h9H,2-8H2,1H3,(H2,15,16,17,18,19). The number of aromatic amines is 1. The number of nitrogens with one attached hydrogen (secondary N) is 2. The summed E-state index contributed by atoms with van der Waals surface area (Å²) in [4.78, 5) is 8.27. The fraction of sp³-hybridized carbons (Fsp3) is 0.615. The SMILES string of the molecule is CCCCCCCCNc1nc(Cl)nc2[nH]ncc12. The van der Waals surface area contributed by atoms with Crippen LogP contribution in [0.3, 0.4) is 0 Å². The average Bonchev–Trinajstić information content (AvgIpc) is 2.85. The topological polar surface area (TPSA) is 66.5 Å². The normalized spacial score (nSPS) is 11.1. The Morgan fingerprint density at radius 1 is 1.16 bits per heavy atom. The van der Waals surface area contributed by atoms with Gasteiger partial charge >= 0.3 is 0 Å². The van der Waals surface area contributed by atoms with Crippen molar-refractivity contribution in [1.29, 1.82) is 0 Å². The van der Waals surface area contributed by atoms with Crippen molar-refractivity contribution in [3.63, 3.8) is 0 Å². The quantitative estimate of drug-likeness (QED) is 0.571. The van der Waals surface area contributed by atoms with Gasteiger partial charge in [-0.3, -0.25) is 5.10 Å². The number of H-pyrrole nitrogens is 1. The van der Waals surface area contributed by atoms with Gasteiger partial charge in [-0.2, -0.15) is 15.1 Å². The van der Waals surface area contributed by atoms with E-state index in [9.17, 15) is 0 Å². The van der Waals surface area contributed by atoms with Crippen LogP contribution in [-0.4, -0.2) is 26.7 Å². The second kappa shape index (κ2) is 7.28. The first-order chi connectivity index (χ1) is 9.31. The van der Waals surface area contributed by atoms with E-state index in [-0.39, 0.29) is 5.28 Å². The number of nitrogens with zero attached hydrogens (tertiary/aromatic N) is 3. The van der Waals surface area contributed by atoms with E-state index < -0.39 is 0 Å². The van der Waals surface area contributed by atoms with Crippen LogP contribution in [0.15, 0.2) is 6.20 Å². The van der Waals surface area contributed by atoms with E-state index in [0.717, 1.165) is 24.2 Å². The van der Waals surface area contributed by atoms with Gasteiger partial charge in [-0.15, -0.1) is 0 Å². The third-order valence-electron chi connectivity index (χ3n) is 3.11. The van der Waals surface area contributed by atoms with Crippen LogP contribution >= 0.6 is 11.6 Å². The Balaban J connectivity index is 1.79. The second-order valence-electron chi connectivity index (χ2n) is 4.67. The molecule has 0 unspecified atom stereocenters. The number of anilines is 1. The monoisotopic (exact) mass is 281 g/mol. The van der Waals surface area contributed by atoms with E-state index in [1.807, 2.05) is 0 Å². The smallest absolute Gasteiger partial charge is 0.226 e. The summed E-state index contributed by atoms with van der Waals surface area (Å²) in [7, 11) is 0. The van der Waals surface area contributed by atoms with Crippen LogP contribution in [0.4, 0.5) is 5.82 Å². The number of fused-ring (bicyclic) bond motifs is 1. The zero-order chi connectivity index (χ0) is 13.5. The number of halogens is 1. The molecular formula is C13H20ClN5. The summed E-state index contributed by atoms with van der Waals surface area (Å²) < 4.78 is 0. The minimum absolute atomic E-state index is 0.238. The molecule has 0 amide bonds. The molecule has 0 aliphatic carbocycles. The van der Waals surface area contributed by atoms with Crippen molar-refractivity contribution in [1.82, 2.24) is 20.2 Å². The maximum absolute atomic E-state index is 5.87. The fourth-order valence-electron chi connectivity index (χ4n) is 2.05. The second-order valence-corrected chi connectivity index (χ2v) is 5.01. The summed E-state index contributed by atoms with van der Waals surface area (Å²) in [6, 6.07) is 0. The highest BCUT2D eigenvalue weighted by Gasteiger charge is 2.07. The molecule has 104 valence electrons. The molecule has 0 bridgehead atoms. The van der Waals surface area contributed by atoms with Crippen LogP contribution in [0.5, 0.6) is 0 Å². The molecule has 6 heteroatoms. The molecule has 0 spiro atoms. The van der Waals surface area contributed by atoms with Gasteiger partial charge in [0.2, 0.25) is 5.28 Å².